The number of carbonyl (C=O) groups excluding carboxylic acids is 1. The number of aromatic amines is 1. The summed E-state index contributed by atoms with van der Waals surface area (Å²) in [5.41, 5.74) is 1.45. The van der Waals surface area contributed by atoms with E-state index in [4.69, 9.17) is 18.9 Å². The van der Waals surface area contributed by atoms with Gasteiger partial charge in [0, 0.05) is 10.9 Å². The van der Waals surface area contributed by atoms with Gasteiger partial charge in [0.25, 0.3) is 11.6 Å². The molecular formula is C26H24N2O8. The topological polar surface area (TPSA) is 134 Å². The fraction of sp³-hybridized carbons (Fsp3) is 0.269. The minimum absolute atomic E-state index is 0.114. The third kappa shape index (κ3) is 3.19. The number of aliphatic hydroxyl groups is 3. The molecular weight excluding hydrogens is 468 g/mol. The van der Waals surface area contributed by atoms with Gasteiger partial charge in [0.05, 0.1) is 36.7 Å². The van der Waals surface area contributed by atoms with E-state index in [9.17, 15) is 20.1 Å². The number of rotatable bonds is 7. The van der Waals surface area contributed by atoms with Crippen molar-refractivity contribution in [2.45, 2.75) is 17.7 Å². The van der Waals surface area contributed by atoms with Gasteiger partial charge in [-0.25, -0.2) is 4.79 Å². The Kier molecular flexibility index (Phi) is 5.01. The van der Waals surface area contributed by atoms with Crippen LogP contribution in [0.4, 0.5) is 4.79 Å². The molecule has 3 aliphatic rings. The summed E-state index contributed by atoms with van der Waals surface area (Å²) >= 11 is 0. The Labute approximate surface area is 205 Å². The van der Waals surface area contributed by atoms with Gasteiger partial charge in [-0.05, 0) is 30.3 Å². The molecule has 186 valence electrons. The lowest BCUT2D eigenvalue weighted by molar-refractivity contribution is -0.377. The second-order valence-electron chi connectivity index (χ2n) is 8.82. The highest BCUT2D eigenvalue weighted by atomic mass is 16.7. The van der Waals surface area contributed by atoms with E-state index in [0.717, 1.165) is 16.3 Å². The third-order valence-electron chi connectivity index (χ3n) is 6.77. The van der Waals surface area contributed by atoms with Crippen molar-refractivity contribution in [3.05, 3.63) is 66.2 Å². The summed E-state index contributed by atoms with van der Waals surface area (Å²) in [6.45, 7) is 0.0325. The summed E-state index contributed by atoms with van der Waals surface area (Å²) in [5, 5.41) is 35.4. The van der Waals surface area contributed by atoms with E-state index >= 15 is 0 Å². The number of methoxy groups -OCH3 is 1. The first kappa shape index (κ1) is 22.5. The van der Waals surface area contributed by atoms with Crippen LogP contribution in [0.5, 0.6) is 17.2 Å². The predicted molar refractivity (Wildman–Crippen MR) is 128 cm³/mol. The summed E-state index contributed by atoms with van der Waals surface area (Å²) in [6, 6.07) is 17.9. The number of H-pyrrole nitrogens is 1. The number of aromatic nitrogens is 1. The highest BCUT2D eigenvalue weighted by molar-refractivity contribution is 6.12. The molecule has 2 unspecified atom stereocenters. The van der Waals surface area contributed by atoms with Crippen LogP contribution in [0.3, 0.4) is 0 Å². The molecule has 36 heavy (non-hydrogen) atoms. The molecule has 0 aliphatic carbocycles. The maximum atomic E-state index is 12.5. The lowest BCUT2D eigenvalue weighted by Crippen LogP contribution is -2.64. The monoisotopic (exact) mass is 492 g/mol. The summed E-state index contributed by atoms with van der Waals surface area (Å²) in [5.74, 6) is -4.19. The standard InChI is InChI=1S/C26H24N2O8/c1-33-18-8-4-5-9-19(18)34-13-12-28-14-21(35-24(28)29)25(30,31)26(32)16-10-11-20(36-26)22-15-6-2-3-7-17(15)27-23(16)22/h2-11,21,27,30-32H,12-14H2,1H3. The van der Waals surface area contributed by atoms with Crippen molar-refractivity contribution in [3.63, 3.8) is 0 Å². The fourth-order valence-electron chi connectivity index (χ4n) is 4.90. The maximum absolute atomic E-state index is 12.5. The van der Waals surface area contributed by atoms with Crippen LogP contribution in [0, 0.1) is 0 Å². The Bertz CT molecular complexity index is 1480. The molecule has 4 N–H and O–H groups in total. The molecule has 10 heteroatoms. The molecule has 4 aromatic rings. The minimum atomic E-state index is -2.96. The number of fused-ring (bicyclic) bond motifs is 3. The van der Waals surface area contributed by atoms with E-state index in [-0.39, 0.29) is 31.0 Å². The molecule has 1 aromatic heterocycles. The number of nitrogens with zero attached hydrogens (tertiary/aromatic N) is 1. The first-order chi connectivity index (χ1) is 17.3. The smallest absolute Gasteiger partial charge is 0.410 e. The van der Waals surface area contributed by atoms with Gasteiger partial charge in [0.15, 0.2) is 17.6 Å². The number of ether oxygens (including phenoxy) is 4. The van der Waals surface area contributed by atoms with Gasteiger partial charge in [-0.15, -0.1) is 0 Å². The Morgan fingerprint density at radius 3 is 2.67 bits per heavy atom. The number of para-hydroxylation sites is 3. The SMILES string of the molecule is COc1ccccc1OCCN1CC(C(O)(O)C2(O)Oc3ccc2c2[nH]c4ccccc4c32)OC1=O. The molecule has 2 bridgehead atoms. The number of carbonyl (C=O) groups is 1. The molecule has 1 saturated heterocycles. The van der Waals surface area contributed by atoms with E-state index in [2.05, 4.69) is 4.98 Å². The number of nitrogens with one attached hydrogen (secondary N) is 1. The largest absolute Gasteiger partial charge is 0.493 e. The molecule has 1 fully saturated rings. The average Bonchev–Trinajstić information content (AvgIpc) is 3.46. The van der Waals surface area contributed by atoms with Gasteiger partial charge in [-0.3, -0.25) is 0 Å². The molecule has 3 aliphatic heterocycles. The van der Waals surface area contributed by atoms with Gasteiger partial charge >= 0.3 is 6.09 Å². The first-order valence-electron chi connectivity index (χ1n) is 11.4. The van der Waals surface area contributed by atoms with Crippen LogP contribution in [0.15, 0.2) is 60.7 Å². The van der Waals surface area contributed by atoms with Crippen molar-refractivity contribution < 1.29 is 39.1 Å². The second-order valence-corrected chi connectivity index (χ2v) is 8.82. The lowest BCUT2D eigenvalue weighted by atomic mass is 9.88. The van der Waals surface area contributed by atoms with Crippen LogP contribution in [0.25, 0.3) is 21.8 Å². The van der Waals surface area contributed by atoms with Gasteiger partial charge in [0.2, 0.25) is 0 Å². The Morgan fingerprint density at radius 2 is 1.86 bits per heavy atom. The molecule has 0 radical (unpaired) electrons. The van der Waals surface area contributed by atoms with Crippen molar-refractivity contribution in [2.24, 2.45) is 0 Å². The highest BCUT2D eigenvalue weighted by Crippen LogP contribution is 2.50. The van der Waals surface area contributed by atoms with E-state index < -0.39 is 23.8 Å². The van der Waals surface area contributed by atoms with Crippen molar-refractivity contribution in [1.82, 2.24) is 9.88 Å². The maximum Gasteiger partial charge on any atom is 0.410 e. The summed E-state index contributed by atoms with van der Waals surface area (Å²) in [7, 11) is 1.53. The van der Waals surface area contributed by atoms with Crippen LogP contribution in [-0.4, -0.2) is 70.0 Å². The number of hydrogen-bond donors (Lipinski definition) is 4. The van der Waals surface area contributed by atoms with E-state index in [1.807, 2.05) is 30.3 Å². The number of benzene rings is 3. The van der Waals surface area contributed by atoms with Crippen LogP contribution in [0.1, 0.15) is 5.56 Å². The number of hydrogen-bond acceptors (Lipinski definition) is 8. The van der Waals surface area contributed by atoms with Crippen molar-refractivity contribution in [2.75, 3.05) is 26.8 Å². The van der Waals surface area contributed by atoms with Crippen LogP contribution >= 0.6 is 0 Å². The van der Waals surface area contributed by atoms with Gasteiger partial charge < -0.3 is 44.2 Å². The molecule has 0 spiro atoms. The van der Waals surface area contributed by atoms with Crippen molar-refractivity contribution in [3.8, 4) is 17.2 Å². The Morgan fingerprint density at radius 1 is 1.11 bits per heavy atom. The van der Waals surface area contributed by atoms with E-state index in [1.165, 1.54) is 12.0 Å². The zero-order valence-electron chi connectivity index (χ0n) is 19.3. The molecule has 10 nitrogen and oxygen atoms in total. The molecule has 1 amide bonds. The normalized spacial score (nSPS) is 21.2. The van der Waals surface area contributed by atoms with Crippen molar-refractivity contribution in [1.29, 1.82) is 0 Å². The molecule has 0 saturated carbocycles. The summed E-state index contributed by atoms with van der Waals surface area (Å²) in [6.07, 6.45) is -2.25. The van der Waals surface area contributed by atoms with Gasteiger partial charge in [-0.1, -0.05) is 30.3 Å². The van der Waals surface area contributed by atoms with Gasteiger partial charge in [0.1, 0.15) is 12.4 Å². The van der Waals surface area contributed by atoms with E-state index in [0.29, 0.717) is 17.0 Å². The quantitative estimate of drug-likeness (QED) is 0.289. The summed E-state index contributed by atoms with van der Waals surface area (Å²) < 4.78 is 22.0. The Hall–Kier alpha value is -3.99. The average molecular weight is 492 g/mol. The predicted octanol–water partition coefficient (Wildman–Crippen LogP) is 2.45. The van der Waals surface area contributed by atoms with Crippen LogP contribution in [-0.2, 0) is 10.5 Å². The molecule has 7 rings (SSSR count). The lowest BCUT2D eigenvalue weighted by Gasteiger charge is -2.43. The highest BCUT2D eigenvalue weighted by Gasteiger charge is 2.63. The summed E-state index contributed by atoms with van der Waals surface area (Å²) in [4.78, 5) is 17.0. The van der Waals surface area contributed by atoms with Crippen LogP contribution < -0.4 is 14.2 Å². The van der Waals surface area contributed by atoms with Crippen molar-refractivity contribution >= 4 is 27.9 Å². The minimum Gasteiger partial charge on any atom is -0.493 e. The zero-order chi connectivity index (χ0) is 25.1. The third-order valence-corrected chi connectivity index (χ3v) is 6.77. The van der Waals surface area contributed by atoms with Crippen LogP contribution in [0.2, 0.25) is 0 Å². The molecule has 3 aromatic carbocycles. The number of amides is 1. The fourth-order valence-corrected chi connectivity index (χ4v) is 4.90. The number of cyclic esters (lactones) is 1. The first-order valence-corrected chi connectivity index (χ1v) is 11.4. The Balaban J connectivity index is 1.23. The van der Waals surface area contributed by atoms with Gasteiger partial charge in [-0.2, -0.15) is 0 Å². The van der Waals surface area contributed by atoms with E-state index in [1.54, 1.807) is 30.3 Å². The zero-order valence-corrected chi connectivity index (χ0v) is 19.3. The molecule has 4 heterocycles. The second kappa shape index (κ2) is 8.02. The molecule has 2 atom stereocenters.